The standard InChI is InChI=1S/C19H16N4OS/c1-24-13-4-2-12(3-5-13)17-14(8-20)18(23)19(10-21,11-22)16-6-7-25-9-15(16)17/h2-6,14-15,17,23H,7,9H2,1H3/t14?,15-,17+/m1/s1. The van der Waals surface area contributed by atoms with Gasteiger partial charge in [0, 0.05) is 23.3 Å². The quantitative estimate of drug-likeness (QED) is 0.826. The first-order chi connectivity index (χ1) is 12.1. The lowest BCUT2D eigenvalue weighted by Crippen LogP contribution is -2.48. The molecule has 1 aliphatic carbocycles. The zero-order valence-electron chi connectivity index (χ0n) is 13.7. The van der Waals surface area contributed by atoms with Crippen molar-refractivity contribution in [1.29, 1.82) is 21.2 Å². The number of allylic oxidation sites excluding steroid dienone is 1. The van der Waals surface area contributed by atoms with Gasteiger partial charge in [-0.05, 0) is 23.3 Å². The van der Waals surface area contributed by atoms with Gasteiger partial charge in [0.25, 0.3) is 0 Å². The first-order valence-corrected chi connectivity index (χ1v) is 9.01. The normalized spacial score (nSPS) is 27.0. The van der Waals surface area contributed by atoms with Crippen molar-refractivity contribution < 1.29 is 4.74 Å². The Morgan fingerprint density at radius 1 is 1.20 bits per heavy atom. The van der Waals surface area contributed by atoms with Gasteiger partial charge in [0.05, 0.1) is 36.9 Å². The van der Waals surface area contributed by atoms with Crippen LogP contribution in [0.25, 0.3) is 0 Å². The summed E-state index contributed by atoms with van der Waals surface area (Å²) in [5.74, 6) is 1.03. The molecule has 1 saturated carbocycles. The van der Waals surface area contributed by atoms with Crippen molar-refractivity contribution in [1.82, 2.24) is 0 Å². The monoisotopic (exact) mass is 348 g/mol. The van der Waals surface area contributed by atoms with Crippen LogP contribution >= 0.6 is 11.8 Å². The van der Waals surface area contributed by atoms with E-state index in [4.69, 9.17) is 10.1 Å². The van der Waals surface area contributed by atoms with Gasteiger partial charge in [-0.2, -0.15) is 27.5 Å². The molecule has 1 heterocycles. The van der Waals surface area contributed by atoms with Crippen molar-refractivity contribution in [3.63, 3.8) is 0 Å². The van der Waals surface area contributed by atoms with Gasteiger partial charge < -0.3 is 10.1 Å². The van der Waals surface area contributed by atoms with Gasteiger partial charge in [-0.25, -0.2) is 0 Å². The number of hydrogen-bond donors (Lipinski definition) is 1. The fourth-order valence-corrected chi connectivity index (χ4v) is 4.86. The van der Waals surface area contributed by atoms with Crippen molar-refractivity contribution in [2.45, 2.75) is 5.92 Å². The molecule has 124 valence electrons. The summed E-state index contributed by atoms with van der Waals surface area (Å²) < 4.78 is 5.20. The van der Waals surface area contributed by atoms with E-state index in [1.54, 1.807) is 18.9 Å². The summed E-state index contributed by atoms with van der Waals surface area (Å²) in [6.07, 6.45) is 1.91. The number of hydrogen-bond acceptors (Lipinski definition) is 6. The van der Waals surface area contributed by atoms with E-state index in [9.17, 15) is 15.8 Å². The van der Waals surface area contributed by atoms with E-state index in [1.165, 1.54) is 0 Å². The molecule has 25 heavy (non-hydrogen) atoms. The van der Waals surface area contributed by atoms with Gasteiger partial charge in [0.15, 0.2) is 0 Å². The Morgan fingerprint density at radius 2 is 1.88 bits per heavy atom. The predicted octanol–water partition coefficient (Wildman–Crippen LogP) is 3.27. The Bertz CT molecular complexity index is 839. The number of fused-ring (bicyclic) bond motifs is 1. The Morgan fingerprint density at radius 3 is 2.44 bits per heavy atom. The van der Waals surface area contributed by atoms with Crippen LogP contribution in [0, 0.1) is 56.7 Å². The van der Waals surface area contributed by atoms with E-state index >= 15 is 0 Å². The van der Waals surface area contributed by atoms with Crippen molar-refractivity contribution >= 4 is 17.5 Å². The topological polar surface area (TPSA) is 104 Å². The molecular weight excluding hydrogens is 332 g/mol. The molecule has 1 fully saturated rings. The van der Waals surface area contributed by atoms with E-state index < -0.39 is 11.3 Å². The minimum atomic E-state index is -1.62. The summed E-state index contributed by atoms with van der Waals surface area (Å²) in [5.41, 5.74) is -0.0987. The van der Waals surface area contributed by atoms with Crippen LogP contribution in [0.15, 0.2) is 35.9 Å². The smallest absolute Gasteiger partial charge is 0.203 e. The predicted molar refractivity (Wildman–Crippen MR) is 95.1 cm³/mol. The lowest BCUT2D eigenvalue weighted by atomic mass is 9.56. The average Bonchev–Trinajstić information content (AvgIpc) is 2.68. The van der Waals surface area contributed by atoms with Crippen molar-refractivity contribution in [3.05, 3.63) is 41.5 Å². The van der Waals surface area contributed by atoms with Crippen molar-refractivity contribution in [3.8, 4) is 24.0 Å². The van der Waals surface area contributed by atoms with E-state index in [0.717, 1.165) is 22.8 Å². The van der Waals surface area contributed by atoms with Crippen molar-refractivity contribution in [2.75, 3.05) is 18.6 Å². The fraction of sp³-hybridized carbons (Fsp3) is 0.368. The fourth-order valence-electron chi connectivity index (χ4n) is 3.78. The molecule has 0 bridgehead atoms. The maximum atomic E-state index is 9.75. The summed E-state index contributed by atoms with van der Waals surface area (Å²) in [6, 6.07) is 13.8. The molecule has 0 aromatic heterocycles. The summed E-state index contributed by atoms with van der Waals surface area (Å²) in [4.78, 5) is 0. The average molecular weight is 348 g/mol. The number of methoxy groups -OCH3 is 1. The highest BCUT2D eigenvalue weighted by Gasteiger charge is 2.55. The maximum Gasteiger partial charge on any atom is 0.203 e. The molecule has 0 radical (unpaired) electrons. The number of rotatable bonds is 2. The van der Waals surface area contributed by atoms with Crippen LogP contribution in [0.4, 0.5) is 0 Å². The molecule has 1 N–H and O–H groups in total. The van der Waals surface area contributed by atoms with Gasteiger partial charge in [0.1, 0.15) is 5.75 Å². The molecule has 0 saturated heterocycles. The van der Waals surface area contributed by atoms with Gasteiger partial charge in [-0.3, -0.25) is 0 Å². The molecule has 1 aromatic rings. The highest BCUT2D eigenvalue weighted by Crippen LogP contribution is 2.53. The first kappa shape index (κ1) is 17.1. The Balaban J connectivity index is 2.16. The molecule has 3 atom stereocenters. The molecule has 1 aliphatic heterocycles. The van der Waals surface area contributed by atoms with Crippen LogP contribution in [0.2, 0.25) is 0 Å². The molecule has 3 rings (SSSR count). The van der Waals surface area contributed by atoms with E-state index in [-0.39, 0.29) is 17.5 Å². The summed E-state index contributed by atoms with van der Waals surface area (Å²) in [7, 11) is 1.59. The zero-order valence-corrected chi connectivity index (χ0v) is 14.5. The Labute approximate surface area is 151 Å². The molecule has 0 amide bonds. The number of nitrogens with zero attached hydrogens (tertiary/aromatic N) is 3. The van der Waals surface area contributed by atoms with Crippen LogP contribution < -0.4 is 4.74 Å². The maximum absolute atomic E-state index is 9.75. The molecule has 5 nitrogen and oxygen atoms in total. The van der Waals surface area contributed by atoms with E-state index in [2.05, 4.69) is 6.07 Å². The van der Waals surface area contributed by atoms with Gasteiger partial charge in [-0.1, -0.05) is 18.2 Å². The Kier molecular flexibility index (Phi) is 4.53. The SMILES string of the molecule is COc1ccc([C@H]2C(C#N)C(=N)C(C#N)(C#N)C3=CCSC[C@H]32)cc1. The lowest BCUT2D eigenvalue weighted by Gasteiger charge is -2.45. The molecular formula is C19H16N4OS. The minimum absolute atomic E-state index is 0.102. The molecule has 1 unspecified atom stereocenters. The molecule has 0 spiro atoms. The third kappa shape index (κ3) is 2.49. The van der Waals surface area contributed by atoms with Crippen LogP contribution in [-0.2, 0) is 0 Å². The largest absolute Gasteiger partial charge is 0.497 e. The van der Waals surface area contributed by atoms with E-state index in [1.807, 2.05) is 42.5 Å². The third-order valence-corrected chi connectivity index (χ3v) is 6.03. The van der Waals surface area contributed by atoms with E-state index in [0.29, 0.717) is 5.57 Å². The highest BCUT2D eigenvalue weighted by molar-refractivity contribution is 7.99. The minimum Gasteiger partial charge on any atom is -0.497 e. The number of benzene rings is 1. The number of nitriles is 3. The zero-order chi connectivity index (χ0) is 18.0. The van der Waals surface area contributed by atoms with Crippen LogP contribution in [0.1, 0.15) is 11.5 Å². The van der Waals surface area contributed by atoms with Crippen LogP contribution in [-0.4, -0.2) is 24.3 Å². The summed E-state index contributed by atoms with van der Waals surface area (Å²) in [6.45, 7) is 0. The van der Waals surface area contributed by atoms with Gasteiger partial charge in [0.2, 0.25) is 5.41 Å². The Hall–Kier alpha value is -2.75. The number of thioether (sulfide) groups is 1. The van der Waals surface area contributed by atoms with Crippen LogP contribution in [0.5, 0.6) is 5.75 Å². The molecule has 2 aliphatic rings. The lowest BCUT2D eigenvalue weighted by molar-refractivity contribution is 0.406. The van der Waals surface area contributed by atoms with Crippen molar-refractivity contribution in [2.24, 2.45) is 17.3 Å². The second kappa shape index (κ2) is 6.63. The second-order valence-electron chi connectivity index (χ2n) is 6.10. The molecule has 6 heteroatoms. The second-order valence-corrected chi connectivity index (χ2v) is 7.17. The third-order valence-electron chi connectivity index (χ3n) is 5.03. The van der Waals surface area contributed by atoms with Crippen LogP contribution in [0.3, 0.4) is 0 Å². The number of ether oxygens (including phenoxy) is 1. The highest BCUT2D eigenvalue weighted by atomic mass is 32.2. The first-order valence-electron chi connectivity index (χ1n) is 7.86. The summed E-state index contributed by atoms with van der Waals surface area (Å²) in [5, 5.41) is 37.6. The number of nitrogens with one attached hydrogen (secondary N) is 1. The van der Waals surface area contributed by atoms with Gasteiger partial charge in [-0.15, -0.1) is 0 Å². The summed E-state index contributed by atoms with van der Waals surface area (Å²) >= 11 is 1.72. The van der Waals surface area contributed by atoms with Gasteiger partial charge >= 0.3 is 0 Å². The molecule has 1 aromatic carbocycles.